The van der Waals surface area contributed by atoms with E-state index in [9.17, 15) is 4.79 Å². The van der Waals surface area contributed by atoms with E-state index < -0.39 is 5.97 Å². The first-order valence-corrected chi connectivity index (χ1v) is 6.75. The maximum absolute atomic E-state index is 10.8. The smallest absolute Gasteiger partial charge is 0.371 e. The van der Waals surface area contributed by atoms with Gasteiger partial charge in [0.1, 0.15) is 5.58 Å². The average molecular weight is 289 g/mol. The van der Waals surface area contributed by atoms with Crippen molar-refractivity contribution in [2.75, 3.05) is 19.8 Å². The minimum absolute atomic E-state index is 0.0386. The fraction of sp³-hybridized carbons (Fsp3) is 0.312. The number of ether oxygens (including phenoxy) is 1. The quantitative estimate of drug-likeness (QED) is 0.577. The molecule has 21 heavy (non-hydrogen) atoms. The summed E-state index contributed by atoms with van der Waals surface area (Å²) in [4.78, 5) is 10.8. The summed E-state index contributed by atoms with van der Waals surface area (Å²) >= 11 is 0. The van der Waals surface area contributed by atoms with Crippen LogP contribution in [0.1, 0.15) is 23.0 Å². The van der Waals surface area contributed by atoms with Crippen molar-refractivity contribution in [1.82, 2.24) is 5.32 Å². The van der Waals surface area contributed by atoms with Gasteiger partial charge in [0.2, 0.25) is 5.76 Å². The molecule has 0 atom stereocenters. The van der Waals surface area contributed by atoms with Crippen LogP contribution < -0.4 is 5.32 Å². The first-order chi connectivity index (χ1) is 10.1. The van der Waals surface area contributed by atoms with Crippen LogP contribution in [0.4, 0.5) is 0 Å². The lowest BCUT2D eigenvalue weighted by Crippen LogP contribution is -2.19. The fourth-order valence-electron chi connectivity index (χ4n) is 1.93. The van der Waals surface area contributed by atoms with Crippen LogP contribution in [-0.2, 0) is 11.3 Å². The van der Waals surface area contributed by atoms with Gasteiger partial charge in [-0.1, -0.05) is 18.2 Å². The highest BCUT2D eigenvalue weighted by Crippen LogP contribution is 2.20. The Morgan fingerprint density at radius 1 is 1.43 bits per heavy atom. The number of fused-ring (bicyclic) bond motifs is 1. The number of hydrogen-bond donors (Lipinski definition) is 2. The molecule has 1 aromatic heterocycles. The number of furan rings is 1. The highest BCUT2D eigenvalue weighted by Gasteiger charge is 2.10. The summed E-state index contributed by atoms with van der Waals surface area (Å²) in [5.41, 5.74) is 2.66. The Morgan fingerprint density at radius 2 is 2.24 bits per heavy atom. The van der Waals surface area contributed by atoms with Crippen LogP contribution in [0.3, 0.4) is 0 Å². The van der Waals surface area contributed by atoms with Crippen molar-refractivity contribution in [2.45, 2.75) is 13.5 Å². The van der Waals surface area contributed by atoms with Crippen molar-refractivity contribution in [3.8, 4) is 0 Å². The number of carboxylic acid groups (broad SMARTS) is 1. The van der Waals surface area contributed by atoms with Crippen LogP contribution in [0.25, 0.3) is 11.0 Å². The van der Waals surface area contributed by atoms with E-state index in [0.717, 1.165) is 23.1 Å². The molecule has 0 aliphatic carbocycles. The zero-order valence-corrected chi connectivity index (χ0v) is 12.0. The SMILES string of the molecule is C=C(C)COCCNCc1ccc2oc(C(=O)O)cc2c1. The summed E-state index contributed by atoms with van der Waals surface area (Å²) in [7, 11) is 0. The summed E-state index contributed by atoms with van der Waals surface area (Å²) in [6.45, 7) is 8.35. The van der Waals surface area contributed by atoms with Crippen LogP contribution in [0.5, 0.6) is 0 Å². The molecule has 1 aromatic carbocycles. The third-order valence-corrected chi connectivity index (χ3v) is 2.89. The van der Waals surface area contributed by atoms with Crippen LogP contribution in [-0.4, -0.2) is 30.8 Å². The molecule has 1 heterocycles. The summed E-state index contributed by atoms with van der Waals surface area (Å²) in [5, 5.41) is 13.0. The molecule has 0 unspecified atom stereocenters. The van der Waals surface area contributed by atoms with Gasteiger partial charge >= 0.3 is 5.97 Å². The van der Waals surface area contributed by atoms with Gasteiger partial charge in [-0.3, -0.25) is 0 Å². The third-order valence-electron chi connectivity index (χ3n) is 2.89. The Labute approximate surface area is 123 Å². The molecule has 0 radical (unpaired) electrons. The summed E-state index contributed by atoms with van der Waals surface area (Å²) in [6.07, 6.45) is 0. The predicted octanol–water partition coefficient (Wildman–Crippen LogP) is 2.81. The van der Waals surface area contributed by atoms with Crippen molar-refractivity contribution in [3.05, 3.63) is 47.7 Å². The van der Waals surface area contributed by atoms with E-state index in [4.69, 9.17) is 14.3 Å². The molecule has 0 aliphatic heterocycles. The molecule has 0 aliphatic rings. The van der Waals surface area contributed by atoms with Gasteiger partial charge in [0.05, 0.1) is 13.2 Å². The highest BCUT2D eigenvalue weighted by molar-refractivity contribution is 5.91. The molecular formula is C16H19NO4. The molecule has 112 valence electrons. The lowest BCUT2D eigenvalue weighted by molar-refractivity contribution is 0.0665. The van der Waals surface area contributed by atoms with Crippen molar-refractivity contribution < 1.29 is 19.1 Å². The Hall–Kier alpha value is -2.11. The standard InChI is InChI=1S/C16H19NO4/c1-11(2)10-20-6-5-17-9-12-3-4-14-13(7-12)8-15(21-14)16(18)19/h3-4,7-8,17H,1,5-6,9-10H2,2H3,(H,18,19). The van der Waals surface area contributed by atoms with Gasteiger partial charge in [0.25, 0.3) is 0 Å². The van der Waals surface area contributed by atoms with Gasteiger partial charge in [0.15, 0.2) is 0 Å². The molecule has 5 nitrogen and oxygen atoms in total. The van der Waals surface area contributed by atoms with Crippen LogP contribution >= 0.6 is 0 Å². The Morgan fingerprint density at radius 3 is 2.95 bits per heavy atom. The van der Waals surface area contributed by atoms with Gasteiger partial charge in [-0.05, 0) is 30.7 Å². The van der Waals surface area contributed by atoms with Crippen LogP contribution in [0.15, 0.2) is 40.8 Å². The maximum atomic E-state index is 10.8. The maximum Gasteiger partial charge on any atom is 0.371 e. The lowest BCUT2D eigenvalue weighted by atomic mass is 10.1. The minimum Gasteiger partial charge on any atom is -0.475 e. The summed E-state index contributed by atoms with van der Waals surface area (Å²) in [5.74, 6) is -1.09. The Balaban J connectivity index is 1.85. The van der Waals surface area contributed by atoms with E-state index in [1.807, 2.05) is 19.1 Å². The number of aromatic carboxylic acids is 1. The predicted molar refractivity (Wildman–Crippen MR) is 80.5 cm³/mol. The van der Waals surface area contributed by atoms with Crippen molar-refractivity contribution in [2.24, 2.45) is 0 Å². The van der Waals surface area contributed by atoms with Gasteiger partial charge in [-0.15, -0.1) is 0 Å². The number of hydrogen-bond acceptors (Lipinski definition) is 4. The van der Waals surface area contributed by atoms with E-state index in [1.54, 1.807) is 6.07 Å². The van der Waals surface area contributed by atoms with E-state index in [0.29, 0.717) is 25.3 Å². The molecule has 0 saturated carbocycles. The highest BCUT2D eigenvalue weighted by atomic mass is 16.5. The van der Waals surface area contributed by atoms with Gasteiger partial charge in [0, 0.05) is 18.5 Å². The zero-order valence-electron chi connectivity index (χ0n) is 12.0. The van der Waals surface area contributed by atoms with Crippen LogP contribution in [0, 0.1) is 0 Å². The van der Waals surface area contributed by atoms with Crippen LogP contribution in [0.2, 0.25) is 0 Å². The Bertz CT molecular complexity index is 645. The molecule has 0 saturated heterocycles. The number of carbonyl (C=O) groups is 1. The second-order valence-corrected chi connectivity index (χ2v) is 4.97. The van der Waals surface area contributed by atoms with E-state index in [-0.39, 0.29) is 5.76 Å². The summed E-state index contributed by atoms with van der Waals surface area (Å²) in [6, 6.07) is 7.17. The molecule has 0 fully saturated rings. The molecule has 2 N–H and O–H groups in total. The Kier molecular flexibility index (Phi) is 5.14. The minimum atomic E-state index is -1.06. The van der Waals surface area contributed by atoms with E-state index >= 15 is 0 Å². The van der Waals surface area contributed by atoms with Gasteiger partial charge in [-0.25, -0.2) is 4.79 Å². The second kappa shape index (κ2) is 7.06. The van der Waals surface area contributed by atoms with Crippen molar-refractivity contribution >= 4 is 16.9 Å². The fourth-order valence-corrected chi connectivity index (χ4v) is 1.93. The molecular weight excluding hydrogens is 270 g/mol. The largest absolute Gasteiger partial charge is 0.475 e. The normalized spacial score (nSPS) is 10.9. The monoisotopic (exact) mass is 289 g/mol. The number of carboxylic acids is 1. The lowest BCUT2D eigenvalue weighted by Gasteiger charge is -2.06. The van der Waals surface area contributed by atoms with E-state index in [2.05, 4.69) is 11.9 Å². The number of rotatable bonds is 8. The second-order valence-electron chi connectivity index (χ2n) is 4.97. The molecule has 2 aromatic rings. The third kappa shape index (κ3) is 4.44. The molecule has 0 bridgehead atoms. The molecule has 2 rings (SSSR count). The average Bonchev–Trinajstić information content (AvgIpc) is 2.85. The molecule has 5 heteroatoms. The topological polar surface area (TPSA) is 71.7 Å². The first-order valence-electron chi connectivity index (χ1n) is 6.75. The molecule has 0 spiro atoms. The number of nitrogens with one attached hydrogen (secondary N) is 1. The van der Waals surface area contributed by atoms with E-state index in [1.165, 1.54) is 6.07 Å². The molecule has 0 amide bonds. The summed E-state index contributed by atoms with van der Waals surface area (Å²) < 4.78 is 10.6. The zero-order chi connectivity index (χ0) is 15.2. The van der Waals surface area contributed by atoms with Crippen molar-refractivity contribution in [1.29, 1.82) is 0 Å². The van der Waals surface area contributed by atoms with Gasteiger partial charge in [-0.2, -0.15) is 0 Å². The number of benzene rings is 1. The van der Waals surface area contributed by atoms with Gasteiger partial charge < -0.3 is 19.6 Å². The first kappa shape index (κ1) is 15.3. The van der Waals surface area contributed by atoms with Crippen molar-refractivity contribution in [3.63, 3.8) is 0 Å².